The van der Waals surface area contributed by atoms with Crippen molar-refractivity contribution in [2.45, 2.75) is 17.0 Å². The lowest BCUT2D eigenvalue weighted by Gasteiger charge is -2.03. The minimum Gasteiger partial charge on any atom is -0.397 e. The molecule has 0 aliphatic carbocycles. The molecule has 84 valence electrons. The van der Waals surface area contributed by atoms with Gasteiger partial charge in [0.15, 0.2) is 0 Å². The Morgan fingerprint density at radius 3 is 2.75 bits per heavy atom. The van der Waals surface area contributed by atoms with Gasteiger partial charge in [0.2, 0.25) is 0 Å². The number of nitrogens with two attached hydrogens (primary N) is 1. The summed E-state index contributed by atoms with van der Waals surface area (Å²) in [6.07, 6.45) is 1.65. The molecule has 0 saturated heterocycles. The summed E-state index contributed by atoms with van der Waals surface area (Å²) in [6.45, 7) is 1.97. The van der Waals surface area contributed by atoms with Crippen LogP contribution in [0.5, 0.6) is 0 Å². The fourth-order valence-corrected chi connectivity index (χ4v) is 2.77. The molecule has 0 fully saturated rings. The van der Waals surface area contributed by atoms with Crippen molar-refractivity contribution >= 4 is 33.4 Å². The zero-order valence-corrected chi connectivity index (χ0v) is 11.3. The van der Waals surface area contributed by atoms with Crippen LogP contribution in [-0.2, 0) is 7.05 Å². The number of halogens is 1. The van der Waals surface area contributed by atoms with E-state index in [0.717, 1.165) is 20.2 Å². The van der Waals surface area contributed by atoms with Crippen molar-refractivity contribution in [1.29, 1.82) is 0 Å². The average molecular weight is 299 g/mol. The molecule has 2 aromatic rings. The quantitative estimate of drug-likeness (QED) is 0.926. The first kappa shape index (κ1) is 11.5. The van der Waals surface area contributed by atoms with Gasteiger partial charge in [0.1, 0.15) is 10.1 Å². The molecule has 0 amide bonds. The van der Waals surface area contributed by atoms with Crippen LogP contribution < -0.4 is 5.73 Å². The van der Waals surface area contributed by atoms with Crippen LogP contribution in [0.25, 0.3) is 0 Å². The molecule has 0 spiro atoms. The lowest BCUT2D eigenvalue weighted by atomic mass is 10.4. The Kier molecular flexibility index (Phi) is 3.20. The zero-order valence-electron chi connectivity index (χ0n) is 8.94. The lowest BCUT2D eigenvalue weighted by Crippen LogP contribution is -1.94. The number of hydrogen-bond acceptors (Lipinski definition) is 4. The molecule has 0 aliphatic heterocycles. The minimum atomic E-state index is 0.650. The SMILES string of the molecule is Cc1cc(Sc2ncc(N)cc2Br)n(C)n1. The van der Waals surface area contributed by atoms with Crippen LogP contribution in [0.15, 0.2) is 32.9 Å². The highest BCUT2D eigenvalue weighted by atomic mass is 79.9. The van der Waals surface area contributed by atoms with Crippen molar-refractivity contribution in [3.63, 3.8) is 0 Å². The Morgan fingerprint density at radius 2 is 2.19 bits per heavy atom. The fraction of sp³-hybridized carbons (Fsp3) is 0.200. The standard InChI is InChI=1S/C10H11BrN4S/c1-6-3-9(15(2)14-6)16-10-8(11)4-7(12)5-13-10/h3-5H,12H2,1-2H3. The molecule has 0 atom stereocenters. The van der Waals surface area contributed by atoms with Gasteiger partial charge in [-0.2, -0.15) is 5.10 Å². The zero-order chi connectivity index (χ0) is 11.7. The smallest absolute Gasteiger partial charge is 0.117 e. The Hall–Kier alpha value is -1.01. The Labute approximate surface area is 106 Å². The van der Waals surface area contributed by atoms with Gasteiger partial charge in [-0.3, -0.25) is 4.68 Å². The first-order chi connectivity index (χ1) is 7.56. The number of anilines is 1. The Balaban J connectivity index is 2.30. The van der Waals surface area contributed by atoms with E-state index >= 15 is 0 Å². The molecule has 0 aromatic carbocycles. The molecule has 2 rings (SSSR count). The predicted molar refractivity (Wildman–Crippen MR) is 68.4 cm³/mol. The Bertz CT molecular complexity index is 524. The molecule has 2 aromatic heterocycles. The molecule has 0 bridgehead atoms. The first-order valence-corrected chi connectivity index (χ1v) is 6.27. The lowest BCUT2D eigenvalue weighted by molar-refractivity contribution is 0.692. The van der Waals surface area contributed by atoms with Crippen LogP contribution in [0.3, 0.4) is 0 Å². The third kappa shape index (κ3) is 2.38. The van der Waals surface area contributed by atoms with E-state index in [9.17, 15) is 0 Å². The number of nitrogens with zero attached hydrogens (tertiary/aromatic N) is 3. The number of aryl methyl sites for hydroxylation is 2. The maximum Gasteiger partial charge on any atom is 0.117 e. The van der Waals surface area contributed by atoms with Crippen molar-refractivity contribution in [1.82, 2.24) is 14.8 Å². The van der Waals surface area contributed by atoms with Crippen LogP contribution in [0.2, 0.25) is 0 Å². The van der Waals surface area contributed by atoms with Crippen LogP contribution in [0.1, 0.15) is 5.69 Å². The highest BCUT2D eigenvalue weighted by molar-refractivity contribution is 9.10. The average Bonchev–Trinajstić information content (AvgIpc) is 2.50. The van der Waals surface area contributed by atoms with Crippen LogP contribution in [0, 0.1) is 6.92 Å². The van der Waals surface area contributed by atoms with Crippen LogP contribution in [-0.4, -0.2) is 14.8 Å². The van der Waals surface area contributed by atoms with Crippen molar-refractivity contribution in [3.05, 3.63) is 28.5 Å². The van der Waals surface area contributed by atoms with E-state index in [1.165, 1.54) is 0 Å². The van der Waals surface area contributed by atoms with Gasteiger partial charge in [-0.1, -0.05) is 0 Å². The van der Waals surface area contributed by atoms with Gasteiger partial charge in [0.05, 0.1) is 22.1 Å². The summed E-state index contributed by atoms with van der Waals surface area (Å²) in [5.41, 5.74) is 7.28. The molecule has 0 saturated carbocycles. The summed E-state index contributed by atoms with van der Waals surface area (Å²) in [5, 5.41) is 6.22. The van der Waals surface area contributed by atoms with Gasteiger partial charge in [0.25, 0.3) is 0 Å². The highest BCUT2D eigenvalue weighted by Gasteiger charge is 2.08. The van der Waals surface area contributed by atoms with Gasteiger partial charge in [0, 0.05) is 7.05 Å². The topological polar surface area (TPSA) is 56.7 Å². The molecular formula is C10H11BrN4S. The second-order valence-electron chi connectivity index (χ2n) is 3.41. The van der Waals surface area contributed by atoms with Crippen molar-refractivity contribution in [3.8, 4) is 0 Å². The number of rotatable bonds is 2. The summed E-state index contributed by atoms with van der Waals surface area (Å²) in [7, 11) is 1.92. The summed E-state index contributed by atoms with van der Waals surface area (Å²) in [6, 6.07) is 3.87. The van der Waals surface area contributed by atoms with Crippen LogP contribution in [0.4, 0.5) is 5.69 Å². The van der Waals surface area contributed by atoms with Gasteiger partial charge in [-0.25, -0.2) is 4.98 Å². The summed E-state index contributed by atoms with van der Waals surface area (Å²) in [4.78, 5) is 4.27. The summed E-state index contributed by atoms with van der Waals surface area (Å²) < 4.78 is 2.74. The van der Waals surface area contributed by atoms with Gasteiger partial charge < -0.3 is 5.73 Å². The number of aromatic nitrogens is 3. The second kappa shape index (κ2) is 4.47. The van der Waals surface area contributed by atoms with Gasteiger partial charge in [-0.15, -0.1) is 0 Å². The summed E-state index contributed by atoms with van der Waals surface area (Å²) >= 11 is 5.00. The number of pyridine rings is 1. The monoisotopic (exact) mass is 298 g/mol. The van der Waals surface area contributed by atoms with E-state index in [-0.39, 0.29) is 0 Å². The molecule has 0 radical (unpaired) electrons. The maximum atomic E-state index is 5.64. The molecule has 2 N–H and O–H groups in total. The van der Waals surface area contributed by atoms with E-state index < -0.39 is 0 Å². The second-order valence-corrected chi connectivity index (χ2v) is 5.27. The molecule has 0 aliphatic rings. The van der Waals surface area contributed by atoms with E-state index in [2.05, 4.69) is 26.0 Å². The first-order valence-electron chi connectivity index (χ1n) is 4.66. The molecule has 2 heterocycles. The predicted octanol–water partition coefficient (Wildman–Crippen LogP) is 2.62. The fourth-order valence-electron chi connectivity index (χ4n) is 1.30. The molecule has 0 unspecified atom stereocenters. The highest BCUT2D eigenvalue weighted by Crippen LogP contribution is 2.32. The number of hydrogen-bond donors (Lipinski definition) is 1. The Morgan fingerprint density at radius 1 is 1.44 bits per heavy atom. The van der Waals surface area contributed by atoms with E-state index in [4.69, 9.17) is 5.73 Å². The summed E-state index contributed by atoms with van der Waals surface area (Å²) in [5.74, 6) is 0. The third-order valence-corrected chi connectivity index (χ3v) is 3.97. The maximum absolute atomic E-state index is 5.64. The van der Waals surface area contributed by atoms with Crippen molar-refractivity contribution < 1.29 is 0 Å². The molecule has 4 nitrogen and oxygen atoms in total. The molecule has 6 heteroatoms. The van der Waals surface area contributed by atoms with Gasteiger partial charge in [-0.05, 0) is 46.7 Å². The van der Waals surface area contributed by atoms with Crippen molar-refractivity contribution in [2.75, 3.05) is 5.73 Å². The minimum absolute atomic E-state index is 0.650. The normalized spacial score (nSPS) is 10.7. The number of nitrogen functional groups attached to an aromatic ring is 1. The van der Waals surface area contributed by atoms with E-state index in [0.29, 0.717) is 5.69 Å². The molecule has 16 heavy (non-hydrogen) atoms. The van der Waals surface area contributed by atoms with E-state index in [1.807, 2.05) is 30.8 Å². The van der Waals surface area contributed by atoms with Gasteiger partial charge >= 0.3 is 0 Å². The van der Waals surface area contributed by atoms with E-state index in [1.54, 1.807) is 18.0 Å². The molecular weight excluding hydrogens is 288 g/mol. The van der Waals surface area contributed by atoms with Crippen LogP contribution >= 0.6 is 27.7 Å². The third-order valence-electron chi connectivity index (χ3n) is 1.99. The largest absolute Gasteiger partial charge is 0.397 e. The van der Waals surface area contributed by atoms with Crippen molar-refractivity contribution in [2.24, 2.45) is 7.05 Å².